The largest absolute Gasteiger partial charge is 0.497 e. The van der Waals surface area contributed by atoms with Crippen molar-refractivity contribution >= 4 is 17.4 Å². The summed E-state index contributed by atoms with van der Waals surface area (Å²) in [5.41, 5.74) is 2.08. The average molecular weight is 393 g/mol. The first kappa shape index (κ1) is 20.0. The number of pyridine rings is 1. The Morgan fingerprint density at radius 2 is 1.72 bits per heavy atom. The van der Waals surface area contributed by atoms with E-state index in [1.165, 1.54) is 6.20 Å². The second-order valence-corrected chi connectivity index (χ2v) is 6.12. The lowest BCUT2D eigenvalue weighted by Crippen LogP contribution is -2.23. The van der Waals surface area contributed by atoms with Gasteiger partial charge in [-0.2, -0.15) is 0 Å². The number of rotatable bonds is 8. The molecule has 0 unspecified atom stereocenters. The van der Waals surface area contributed by atoms with Gasteiger partial charge in [0.2, 0.25) is 0 Å². The minimum Gasteiger partial charge on any atom is -0.497 e. The third-order valence-electron chi connectivity index (χ3n) is 4.33. The van der Waals surface area contributed by atoms with Gasteiger partial charge in [-0.05, 0) is 30.3 Å². The molecule has 150 valence electrons. The molecule has 7 heteroatoms. The molecule has 0 aliphatic heterocycles. The van der Waals surface area contributed by atoms with Crippen molar-refractivity contribution in [3.05, 3.63) is 71.9 Å². The summed E-state index contributed by atoms with van der Waals surface area (Å²) in [6.45, 7) is 0.365. The van der Waals surface area contributed by atoms with Crippen molar-refractivity contribution < 1.29 is 19.0 Å². The minimum atomic E-state index is -0.214. The normalized spacial score (nSPS) is 10.2. The Labute approximate surface area is 169 Å². The smallest absolute Gasteiger partial charge is 0.253 e. The van der Waals surface area contributed by atoms with Crippen LogP contribution < -0.4 is 24.8 Å². The number of hydrogen-bond acceptors (Lipinski definition) is 6. The fraction of sp³-hybridized carbons (Fsp3) is 0.182. The van der Waals surface area contributed by atoms with Gasteiger partial charge in [0.25, 0.3) is 5.91 Å². The minimum absolute atomic E-state index is 0.214. The number of ether oxygens (including phenoxy) is 3. The van der Waals surface area contributed by atoms with E-state index in [2.05, 4.69) is 15.6 Å². The maximum atomic E-state index is 12.4. The summed E-state index contributed by atoms with van der Waals surface area (Å²) in [5.74, 6) is 2.45. The van der Waals surface area contributed by atoms with Crippen molar-refractivity contribution in [1.82, 2.24) is 10.3 Å². The lowest BCUT2D eigenvalue weighted by atomic mass is 10.2. The quantitative estimate of drug-likeness (QED) is 0.606. The number of aromatic nitrogens is 1. The van der Waals surface area contributed by atoms with Crippen LogP contribution in [0.1, 0.15) is 15.9 Å². The lowest BCUT2D eigenvalue weighted by molar-refractivity contribution is 0.0950. The van der Waals surface area contributed by atoms with Gasteiger partial charge in [-0.3, -0.25) is 4.79 Å². The highest BCUT2D eigenvalue weighted by Gasteiger charge is 2.10. The zero-order valence-electron chi connectivity index (χ0n) is 16.6. The molecule has 0 aliphatic carbocycles. The standard InChI is InChI=1S/C22H23N3O4/c1-27-17-9-10-20(29-3)18(12-17)25-21-11-8-16(14-23-21)22(26)24-13-15-6-4-5-7-19(15)28-2/h4-12,14H,13H2,1-3H3,(H,23,25)(H,24,26). The van der Waals surface area contributed by atoms with Gasteiger partial charge >= 0.3 is 0 Å². The maximum absolute atomic E-state index is 12.4. The van der Waals surface area contributed by atoms with Gasteiger partial charge in [-0.15, -0.1) is 0 Å². The summed E-state index contributed by atoms with van der Waals surface area (Å²) in [5, 5.41) is 6.05. The zero-order chi connectivity index (χ0) is 20.6. The summed E-state index contributed by atoms with van der Waals surface area (Å²) in [6.07, 6.45) is 1.52. The van der Waals surface area contributed by atoms with Gasteiger partial charge < -0.3 is 24.8 Å². The predicted octanol–water partition coefficient (Wildman–Crippen LogP) is 3.78. The van der Waals surface area contributed by atoms with E-state index in [1.807, 2.05) is 36.4 Å². The molecule has 1 amide bonds. The first-order valence-electron chi connectivity index (χ1n) is 8.99. The molecule has 7 nitrogen and oxygen atoms in total. The SMILES string of the molecule is COc1ccc(OC)c(Nc2ccc(C(=O)NCc3ccccc3OC)cn2)c1. The van der Waals surface area contributed by atoms with E-state index in [-0.39, 0.29) is 5.91 Å². The molecule has 2 N–H and O–H groups in total. The molecular formula is C22H23N3O4. The van der Waals surface area contributed by atoms with Crippen molar-refractivity contribution in [2.45, 2.75) is 6.54 Å². The van der Waals surface area contributed by atoms with Crippen molar-refractivity contribution in [3.8, 4) is 17.2 Å². The number of nitrogens with one attached hydrogen (secondary N) is 2. The predicted molar refractivity (Wildman–Crippen MR) is 111 cm³/mol. The van der Waals surface area contributed by atoms with Gasteiger partial charge in [0.15, 0.2) is 0 Å². The van der Waals surface area contributed by atoms with Crippen LogP contribution in [-0.2, 0) is 6.54 Å². The molecule has 0 spiro atoms. The molecule has 0 saturated heterocycles. The van der Waals surface area contributed by atoms with Crippen LogP contribution >= 0.6 is 0 Å². The molecule has 3 rings (SSSR count). The Morgan fingerprint density at radius 1 is 0.931 bits per heavy atom. The van der Waals surface area contributed by atoms with Crippen molar-refractivity contribution in [3.63, 3.8) is 0 Å². The highest BCUT2D eigenvalue weighted by molar-refractivity contribution is 5.94. The highest BCUT2D eigenvalue weighted by Crippen LogP contribution is 2.31. The van der Waals surface area contributed by atoms with Crippen LogP contribution in [0, 0.1) is 0 Å². The van der Waals surface area contributed by atoms with Crippen LogP contribution in [0.2, 0.25) is 0 Å². The van der Waals surface area contributed by atoms with E-state index < -0.39 is 0 Å². The van der Waals surface area contributed by atoms with Crippen molar-refractivity contribution in [2.75, 3.05) is 26.6 Å². The number of anilines is 2. The van der Waals surface area contributed by atoms with E-state index in [0.717, 1.165) is 11.3 Å². The first-order valence-corrected chi connectivity index (χ1v) is 8.99. The molecule has 2 aromatic carbocycles. The van der Waals surface area contributed by atoms with Crippen molar-refractivity contribution in [1.29, 1.82) is 0 Å². The Hall–Kier alpha value is -3.74. The van der Waals surface area contributed by atoms with Crippen LogP contribution in [0.5, 0.6) is 17.2 Å². The lowest BCUT2D eigenvalue weighted by Gasteiger charge is -2.12. The highest BCUT2D eigenvalue weighted by atomic mass is 16.5. The van der Waals surface area contributed by atoms with Gasteiger partial charge in [0, 0.05) is 24.4 Å². The van der Waals surface area contributed by atoms with E-state index >= 15 is 0 Å². The van der Waals surface area contributed by atoms with Gasteiger partial charge in [0.1, 0.15) is 23.1 Å². The maximum Gasteiger partial charge on any atom is 0.253 e. The summed E-state index contributed by atoms with van der Waals surface area (Å²) in [4.78, 5) is 16.7. The van der Waals surface area contributed by atoms with E-state index in [4.69, 9.17) is 14.2 Å². The number of hydrogen-bond donors (Lipinski definition) is 2. The Bertz CT molecular complexity index is 974. The van der Waals surface area contributed by atoms with Gasteiger partial charge in [-0.25, -0.2) is 4.98 Å². The number of benzene rings is 2. The number of para-hydroxylation sites is 1. The van der Waals surface area contributed by atoms with Crippen LogP contribution in [-0.4, -0.2) is 32.2 Å². The third-order valence-corrected chi connectivity index (χ3v) is 4.33. The Morgan fingerprint density at radius 3 is 2.41 bits per heavy atom. The van der Waals surface area contributed by atoms with Crippen LogP contribution in [0.15, 0.2) is 60.8 Å². The summed E-state index contributed by atoms with van der Waals surface area (Å²) in [6, 6.07) is 16.4. The monoisotopic (exact) mass is 393 g/mol. The van der Waals surface area contributed by atoms with E-state index in [9.17, 15) is 4.79 Å². The summed E-state index contributed by atoms with van der Waals surface area (Å²) >= 11 is 0. The second-order valence-electron chi connectivity index (χ2n) is 6.12. The molecule has 0 atom stereocenters. The van der Waals surface area contributed by atoms with E-state index in [0.29, 0.717) is 35.1 Å². The second kappa shape index (κ2) is 9.45. The molecule has 3 aromatic rings. The van der Waals surface area contributed by atoms with Gasteiger partial charge in [-0.1, -0.05) is 18.2 Å². The summed E-state index contributed by atoms with van der Waals surface area (Å²) < 4.78 is 15.9. The number of nitrogens with zero attached hydrogens (tertiary/aromatic N) is 1. The number of carbonyl (C=O) groups excluding carboxylic acids is 1. The molecule has 0 radical (unpaired) electrons. The molecule has 1 heterocycles. The number of methoxy groups -OCH3 is 3. The molecule has 0 bridgehead atoms. The van der Waals surface area contributed by atoms with Crippen molar-refractivity contribution in [2.24, 2.45) is 0 Å². The Kier molecular flexibility index (Phi) is 6.52. The molecule has 1 aromatic heterocycles. The molecular weight excluding hydrogens is 370 g/mol. The Balaban J connectivity index is 1.66. The molecule has 0 aliphatic rings. The summed E-state index contributed by atoms with van der Waals surface area (Å²) in [7, 11) is 4.80. The number of amides is 1. The zero-order valence-corrected chi connectivity index (χ0v) is 16.6. The van der Waals surface area contributed by atoms with E-state index in [1.54, 1.807) is 39.5 Å². The van der Waals surface area contributed by atoms with Gasteiger partial charge in [0.05, 0.1) is 32.6 Å². The van der Waals surface area contributed by atoms with Crippen LogP contribution in [0.3, 0.4) is 0 Å². The fourth-order valence-corrected chi connectivity index (χ4v) is 2.78. The molecule has 29 heavy (non-hydrogen) atoms. The average Bonchev–Trinajstić information content (AvgIpc) is 2.78. The topological polar surface area (TPSA) is 81.7 Å². The first-order chi connectivity index (χ1) is 14.1. The molecule has 0 saturated carbocycles. The number of carbonyl (C=O) groups is 1. The molecule has 0 fully saturated rings. The fourth-order valence-electron chi connectivity index (χ4n) is 2.78. The third kappa shape index (κ3) is 4.95. The van der Waals surface area contributed by atoms with Crippen LogP contribution in [0.25, 0.3) is 0 Å². The van der Waals surface area contributed by atoms with Crippen LogP contribution in [0.4, 0.5) is 11.5 Å².